The van der Waals surface area contributed by atoms with E-state index in [-0.39, 0.29) is 29.7 Å². The van der Waals surface area contributed by atoms with E-state index in [4.69, 9.17) is 10.5 Å². The van der Waals surface area contributed by atoms with Gasteiger partial charge in [0.1, 0.15) is 34.8 Å². The first-order chi connectivity index (χ1) is 21.5. The number of nitrogens with two attached hydrogens (primary N) is 1. The first-order valence-corrected chi connectivity index (χ1v) is 14.7. The third-order valence-electron chi connectivity index (χ3n) is 8.98. The Labute approximate surface area is 254 Å². The van der Waals surface area contributed by atoms with Crippen molar-refractivity contribution in [2.75, 3.05) is 6.61 Å². The number of amides is 1. The predicted molar refractivity (Wildman–Crippen MR) is 151 cm³/mol. The van der Waals surface area contributed by atoms with E-state index in [0.29, 0.717) is 40.1 Å². The van der Waals surface area contributed by atoms with E-state index in [1.807, 2.05) is 0 Å². The average molecular weight is 627 g/mol. The van der Waals surface area contributed by atoms with E-state index in [2.05, 4.69) is 10.1 Å². The SMILES string of the molecule is NC(=O)C([C@H](Cc1cc(F)cc(F)c1)c1ncccc1-c1ccc(OCC2CC2)cc1)n1nc(C(F)F)c2c1C(F)(F)C1CC21. The van der Waals surface area contributed by atoms with Gasteiger partial charge in [-0.05, 0) is 79.0 Å². The highest BCUT2D eigenvalue weighted by molar-refractivity contribution is 5.81. The fraction of sp³-hybridized carbons (Fsp3) is 0.364. The highest BCUT2D eigenvalue weighted by atomic mass is 19.3. The van der Waals surface area contributed by atoms with Crippen molar-refractivity contribution in [3.8, 4) is 16.9 Å². The number of carbonyl (C=O) groups excluding carboxylic acids is 1. The molecule has 2 saturated carbocycles. The summed E-state index contributed by atoms with van der Waals surface area (Å²) in [6.07, 6.45) is 0.228. The van der Waals surface area contributed by atoms with Crippen LogP contribution in [-0.2, 0) is 17.1 Å². The number of fused-ring (bicyclic) bond motifs is 3. The highest BCUT2D eigenvalue weighted by Crippen LogP contribution is 2.68. The normalized spacial score (nSPS) is 20.9. The molecule has 12 heteroatoms. The van der Waals surface area contributed by atoms with Crippen LogP contribution in [0, 0.1) is 23.5 Å². The fourth-order valence-electron chi connectivity index (χ4n) is 6.63. The molecule has 4 aromatic rings. The molecule has 45 heavy (non-hydrogen) atoms. The summed E-state index contributed by atoms with van der Waals surface area (Å²) in [4.78, 5) is 17.8. The maximum atomic E-state index is 15.6. The van der Waals surface area contributed by atoms with E-state index >= 15 is 8.78 Å². The lowest BCUT2D eigenvalue weighted by atomic mass is 9.84. The number of hydrogen-bond acceptors (Lipinski definition) is 4. The van der Waals surface area contributed by atoms with Crippen molar-refractivity contribution in [3.63, 3.8) is 0 Å². The first kappa shape index (κ1) is 29.4. The van der Waals surface area contributed by atoms with Gasteiger partial charge in [-0.1, -0.05) is 18.2 Å². The molecule has 3 aliphatic rings. The molecule has 0 bridgehead atoms. The Morgan fingerprint density at radius 3 is 2.40 bits per heavy atom. The molecule has 0 aliphatic heterocycles. The minimum Gasteiger partial charge on any atom is -0.493 e. The third-order valence-corrected chi connectivity index (χ3v) is 8.98. The predicted octanol–water partition coefficient (Wildman–Crippen LogP) is 7.21. The molecule has 2 heterocycles. The number of pyridine rings is 1. The Balaban J connectivity index is 1.37. The Hall–Kier alpha value is -4.35. The minimum absolute atomic E-state index is 0.0312. The van der Waals surface area contributed by atoms with Gasteiger partial charge in [-0.3, -0.25) is 9.78 Å². The van der Waals surface area contributed by atoms with Crippen molar-refractivity contribution in [1.29, 1.82) is 0 Å². The lowest BCUT2D eigenvalue weighted by Crippen LogP contribution is -2.36. The lowest BCUT2D eigenvalue weighted by Gasteiger charge is -2.29. The second kappa shape index (κ2) is 10.9. The van der Waals surface area contributed by atoms with Gasteiger partial charge in [0, 0.05) is 35.2 Å². The molecule has 6 nitrogen and oxygen atoms in total. The van der Waals surface area contributed by atoms with Crippen LogP contribution in [0.25, 0.3) is 11.1 Å². The zero-order valence-corrected chi connectivity index (χ0v) is 23.8. The van der Waals surface area contributed by atoms with Crippen LogP contribution in [0.2, 0.25) is 0 Å². The Morgan fingerprint density at radius 2 is 1.76 bits per heavy atom. The molecule has 3 aliphatic carbocycles. The standard InChI is InChI=1S/C33H28F6N4O2/c34-19-10-17(11-20(35)13-19)12-24(27-22(2-1-9-41-27)18-5-7-21(8-6-18)45-15-16-3-4-16)29(32(40)44)43-30-26(28(42-43)31(36)37)23-14-25(23)33(30,38)39/h1-2,5-11,13,16,23-25,29,31H,3-4,12,14-15H2,(H2,40,44)/t23?,24-,25?,29?/m1/s1. The van der Waals surface area contributed by atoms with E-state index in [0.717, 1.165) is 25.0 Å². The van der Waals surface area contributed by atoms with Crippen LogP contribution in [0.4, 0.5) is 26.3 Å². The molecule has 2 aromatic heterocycles. The molecule has 0 radical (unpaired) electrons. The molecule has 2 fully saturated rings. The molecule has 0 spiro atoms. The van der Waals surface area contributed by atoms with Gasteiger partial charge in [-0.25, -0.2) is 22.2 Å². The second-order valence-corrected chi connectivity index (χ2v) is 12.1. The molecule has 2 aromatic carbocycles. The smallest absolute Gasteiger partial charge is 0.293 e. The summed E-state index contributed by atoms with van der Waals surface area (Å²) in [5.74, 6) is -8.50. The van der Waals surface area contributed by atoms with Gasteiger partial charge in [0.2, 0.25) is 5.91 Å². The number of aromatic nitrogens is 3. The average Bonchev–Trinajstić information content (AvgIpc) is 3.92. The monoisotopic (exact) mass is 626 g/mol. The third kappa shape index (κ3) is 5.33. The van der Waals surface area contributed by atoms with E-state index < -0.39 is 65.1 Å². The summed E-state index contributed by atoms with van der Waals surface area (Å²) < 4.78 is 94.8. The highest BCUT2D eigenvalue weighted by Gasteiger charge is 2.67. The number of benzene rings is 2. The first-order valence-electron chi connectivity index (χ1n) is 14.7. The van der Waals surface area contributed by atoms with Crippen molar-refractivity contribution in [2.45, 2.75) is 55.9 Å². The summed E-state index contributed by atoms with van der Waals surface area (Å²) in [5.41, 5.74) is 5.40. The number of hydrogen-bond donors (Lipinski definition) is 1. The number of ether oxygens (including phenoxy) is 1. The quantitative estimate of drug-likeness (QED) is 0.178. The lowest BCUT2D eigenvalue weighted by molar-refractivity contribution is -0.122. The van der Waals surface area contributed by atoms with Gasteiger partial charge < -0.3 is 10.5 Å². The van der Waals surface area contributed by atoms with Gasteiger partial charge >= 0.3 is 0 Å². The molecule has 3 unspecified atom stereocenters. The maximum Gasteiger partial charge on any atom is 0.293 e. The molecular formula is C33H28F6N4O2. The van der Waals surface area contributed by atoms with E-state index in [9.17, 15) is 22.4 Å². The van der Waals surface area contributed by atoms with E-state index in [1.54, 1.807) is 36.4 Å². The zero-order chi connectivity index (χ0) is 31.6. The van der Waals surface area contributed by atoms with Gasteiger partial charge in [0.15, 0.2) is 0 Å². The van der Waals surface area contributed by atoms with Crippen LogP contribution in [0.5, 0.6) is 5.75 Å². The second-order valence-electron chi connectivity index (χ2n) is 12.1. The molecule has 2 N–H and O–H groups in total. The number of halogens is 6. The van der Waals surface area contributed by atoms with Gasteiger partial charge in [0.25, 0.3) is 12.3 Å². The maximum absolute atomic E-state index is 15.6. The van der Waals surface area contributed by atoms with Crippen LogP contribution in [0.15, 0.2) is 60.8 Å². The number of carbonyl (C=O) groups is 1. The van der Waals surface area contributed by atoms with Crippen LogP contribution in [0.3, 0.4) is 0 Å². The van der Waals surface area contributed by atoms with Crippen molar-refractivity contribution in [3.05, 3.63) is 101 Å². The Bertz CT molecular complexity index is 1750. The largest absolute Gasteiger partial charge is 0.493 e. The van der Waals surface area contributed by atoms with Crippen LogP contribution in [-0.4, -0.2) is 27.3 Å². The van der Waals surface area contributed by atoms with Crippen LogP contribution < -0.4 is 10.5 Å². The summed E-state index contributed by atoms with van der Waals surface area (Å²) in [6.45, 7) is 0.602. The van der Waals surface area contributed by atoms with Crippen molar-refractivity contribution in [2.24, 2.45) is 17.6 Å². The van der Waals surface area contributed by atoms with Crippen molar-refractivity contribution >= 4 is 5.91 Å². The molecule has 4 atom stereocenters. The van der Waals surface area contributed by atoms with Crippen molar-refractivity contribution in [1.82, 2.24) is 14.8 Å². The summed E-state index contributed by atoms with van der Waals surface area (Å²) in [5, 5.41) is 3.90. The molecular weight excluding hydrogens is 598 g/mol. The fourth-order valence-corrected chi connectivity index (χ4v) is 6.63. The molecule has 7 rings (SSSR count). The van der Waals surface area contributed by atoms with Gasteiger partial charge in [0.05, 0.1) is 12.3 Å². The summed E-state index contributed by atoms with van der Waals surface area (Å²) >= 11 is 0. The van der Waals surface area contributed by atoms with Crippen LogP contribution in [0.1, 0.15) is 71.8 Å². The molecule has 234 valence electrons. The summed E-state index contributed by atoms with van der Waals surface area (Å²) in [6, 6.07) is 11.4. The number of nitrogens with zero attached hydrogens (tertiary/aromatic N) is 3. The van der Waals surface area contributed by atoms with E-state index in [1.165, 1.54) is 6.20 Å². The zero-order valence-electron chi connectivity index (χ0n) is 23.8. The Kier molecular flexibility index (Phi) is 7.13. The van der Waals surface area contributed by atoms with Gasteiger partial charge in [-0.2, -0.15) is 13.9 Å². The van der Waals surface area contributed by atoms with Gasteiger partial charge in [-0.15, -0.1) is 0 Å². The number of primary amides is 1. The Morgan fingerprint density at radius 1 is 1.04 bits per heavy atom. The summed E-state index contributed by atoms with van der Waals surface area (Å²) in [7, 11) is 0. The molecule has 0 saturated heterocycles. The minimum atomic E-state index is -3.54. The topological polar surface area (TPSA) is 83.0 Å². The number of alkyl halides is 4. The molecule has 1 amide bonds. The number of rotatable bonds is 11. The van der Waals surface area contributed by atoms with Crippen molar-refractivity contribution < 1.29 is 35.9 Å². The van der Waals surface area contributed by atoms with Crippen LogP contribution >= 0.6 is 0 Å².